The molecule has 0 saturated heterocycles. The van der Waals surface area contributed by atoms with Crippen molar-refractivity contribution in [3.05, 3.63) is 11.1 Å². The number of rotatable bonds is 0. The lowest BCUT2D eigenvalue weighted by Crippen LogP contribution is -2.20. The number of hydrogen-bond donors (Lipinski definition) is 0. The zero-order valence-corrected chi connectivity index (χ0v) is 7.59. The Morgan fingerprint density at radius 2 is 2.17 bits per heavy atom. The van der Waals surface area contributed by atoms with Gasteiger partial charge in [0.25, 0.3) is 0 Å². The molecule has 1 heterocycles. The monoisotopic (exact) mass is 166 g/mol. The lowest BCUT2D eigenvalue weighted by atomic mass is 9.82. The van der Waals surface area contributed by atoms with Crippen LogP contribution in [0.4, 0.5) is 0 Å². The maximum absolute atomic E-state index is 11.2. The number of esters is 1. The minimum Gasteiger partial charge on any atom is -0.454 e. The Labute approximate surface area is 72.6 Å². The number of fused-ring (bicyclic) bond motifs is 1. The summed E-state index contributed by atoms with van der Waals surface area (Å²) in [5, 5.41) is 0. The standard InChI is InChI=1S/C10H14O2/c1-6-4-3-5-8-9(6)7(2)10(11)12-8/h6,8H,3-5H2,1-2H3/t6-,8-/m0/s1. The van der Waals surface area contributed by atoms with Crippen LogP contribution in [-0.4, -0.2) is 12.1 Å². The highest BCUT2D eigenvalue weighted by atomic mass is 16.5. The minimum atomic E-state index is -0.0937. The van der Waals surface area contributed by atoms with E-state index < -0.39 is 0 Å². The number of carbonyl (C=O) groups is 1. The van der Waals surface area contributed by atoms with Crippen LogP contribution < -0.4 is 0 Å². The van der Waals surface area contributed by atoms with Gasteiger partial charge in [-0.2, -0.15) is 0 Å². The van der Waals surface area contributed by atoms with Gasteiger partial charge in [0.2, 0.25) is 0 Å². The first kappa shape index (κ1) is 7.84. The third kappa shape index (κ3) is 0.977. The molecule has 2 nitrogen and oxygen atoms in total. The summed E-state index contributed by atoms with van der Waals surface area (Å²) >= 11 is 0. The molecule has 1 saturated carbocycles. The third-order valence-electron chi connectivity index (χ3n) is 2.97. The molecular weight excluding hydrogens is 152 g/mol. The molecule has 0 aromatic rings. The molecule has 1 aliphatic carbocycles. The van der Waals surface area contributed by atoms with Crippen molar-refractivity contribution in [1.29, 1.82) is 0 Å². The lowest BCUT2D eigenvalue weighted by molar-refractivity contribution is -0.140. The molecule has 0 unspecified atom stereocenters. The van der Waals surface area contributed by atoms with Gasteiger partial charge >= 0.3 is 5.97 Å². The summed E-state index contributed by atoms with van der Waals surface area (Å²) in [7, 11) is 0. The average molecular weight is 166 g/mol. The van der Waals surface area contributed by atoms with E-state index in [2.05, 4.69) is 6.92 Å². The molecule has 0 aromatic heterocycles. The number of hydrogen-bond acceptors (Lipinski definition) is 2. The molecule has 1 fully saturated rings. The molecule has 0 N–H and O–H groups in total. The molecule has 66 valence electrons. The Morgan fingerprint density at radius 3 is 2.83 bits per heavy atom. The Balaban J connectivity index is 2.34. The molecule has 2 heteroatoms. The molecule has 1 aliphatic heterocycles. The Morgan fingerprint density at radius 1 is 1.42 bits per heavy atom. The van der Waals surface area contributed by atoms with E-state index in [1.54, 1.807) is 0 Å². The summed E-state index contributed by atoms with van der Waals surface area (Å²) in [6.07, 6.45) is 3.56. The molecule has 2 atom stereocenters. The summed E-state index contributed by atoms with van der Waals surface area (Å²) in [5.74, 6) is 0.457. The van der Waals surface area contributed by atoms with Crippen LogP contribution in [-0.2, 0) is 9.53 Å². The average Bonchev–Trinajstić information content (AvgIpc) is 2.29. The van der Waals surface area contributed by atoms with Crippen LogP contribution in [0.1, 0.15) is 33.1 Å². The molecule has 0 radical (unpaired) electrons. The van der Waals surface area contributed by atoms with Crippen molar-refractivity contribution in [3.8, 4) is 0 Å². The number of carbonyl (C=O) groups excluding carboxylic acids is 1. The van der Waals surface area contributed by atoms with E-state index in [0.29, 0.717) is 5.92 Å². The maximum atomic E-state index is 11.2. The third-order valence-corrected chi connectivity index (χ3v) is 2.97. The highest BCUT2D eigenvalue weighted by Crippen LogP contribution is 2.37. The molecule has 0 aromatic carbocycles. The van der Waals surface area contributed by atoms with Gasteiger partial charge in [-0.3, -0.25) is 0 Å². The predicted molar refractivity (Wildman–Crippen MR) is 45.6 cm³/mol. The Hall–Kier alpha value is -0.790. The molecule has 0 amide bonds. The predicted octanol–water partition coefficient (Wildman–Crippen LogP) is 2.05. The van der Waals surface area contributed by atoms with E-state index in [1.165, 1.54) is 18.4 Å². The van der Waals surface area contributed by atoms with E-state index in [-0.39, 0.29) is 12.1 Å². The fourth-order valence-electron chi connectivity index (χ4n) is 2.31. The highest BCUT2D eigenvalue weighted by molar-refractivity contribution is 5.91. The molecular formula is C10H14O2. The van der Waals surface area contributed by atoms with Gasteiger partial charge in [0.1, 0.15) is 6.10 Å². The Bertz CT molecular complexity index is 253. The second-order valence-corrected chi connectivity index (χ2v) is 3.81. The van der Waals surface area contributed by atoms with Crippen LogP contribution in [0.5, 0.6) is 0 Å². The van der Waals surface area contributed by atoms with Gasteiger partial charge < -0.3 is 4.74 Å². The molecule has 0 spiro atoms. The summed E-state index contributed by atoms with van der Waals surface area (Å²) in [4.78, 5) is 11.2. The van der Waals surface area contributed by atoms with Crippen molar-refractivity contribution in [2.45, 2.75) is 39.2 Å². The lowest BCUT2D eigenvalue weighted by Gasteiger charge is -2.25. The molecule has 12 heavy (non-hydrogen) atoms. The second kappa shape index (κ2) is 2.61. The zero-order valence-electron chi connectivity index (χ0n) is 7.59. The van der Waals surface area contributed by atoms with Gasteiger partial charge in [0.15, 0.2) is 0 Å². The second-order valence-electron chi connectivity index (χ2n) is 3.81. The largest absolute Gasteiger partial charge is 0.454 e. The van der Waals surface area contributed by atoms with E-state index in [9.17, 15) is 4.79 Å². The fourth-order valence-corrected chi connectivity index (χ4v) is 2.31. The molecule has 0 bridgehead atoms. The number of ether oxygens (including phenoxy) is 1. The first-order valence-electron chi connectivity index (χ1n) is 4.62. The highest BCUT2D eigenvalue weighted by Gasteiger charge is 2.36. The fraction of sp³-hybridized carbons (Fsp3) is 0.700. The molecule has 2 aliphatic rings. The van der Waals surface area contributed by atoms with E-state index in [1.807, 2.05) is 6.92 Å². The maximum Gasteiger partial charge on any atom is 0.334 e. The summed E-state index contributed by atoms with van der Waals surface area (Å²) < 4.78 is 5.23. The van der Waals surface area contributed by atoms with Crippen molar-refractivity contribution in [1.82, 2.24) is 0 Å². The van der Waals surface area contributed by atoms with Crippen molar-refractivity contribution >= 4 is 5.97 Å². The van der Waals surface area contributed by atoms with E-state index in [0.717, 1.165) is 12.0 Å². The topological polar surface area (TPSA) is 26.3 Å². The van der Waals surface area contributed by atoms with Crippen LogP contribution in [0.2, 0.25) is 0 Å². The molecule has 2 rings (SSSR count). The summed E-state index contributed by atoms with van der Waals surface area (Å²) in [6, 6.07) is 0. The van der Waals surface area contributed by atoms with Crippen LogP contribution in [0, 0.1) is 5.92 Å². The van der Waals surface area contributed by atoms with Crippen molar-refractivity contribution in [2.75, 3.05) is 0 Å². The van der Waals surface area contributed by atoms with Gasteiger partial charge in [-0.15, -0.1) is 0 Å². The van der Waals surface area contributed by atoms with Crippen molar-refractivity contribution in [2.24, 2.45) is 5.92 Å². The van der Waals surface area contributed by atoms with Gasteiger partial charge in [0, 0.05) is 5.57 Å². The SMILES string of the molecule is CC1=C2[C@H](CCC[C@@H]2C)OC1=O. The normalized spacial score (nSPS) is 35.0. The summed E-state index contributed by atoms with van der Waals surface area (Å²) in [6.45, 7) is 4.08. The van der Waals surface area contributed by atoms with Crippen LogP contribution in [0.3, 0.4) is 0 Å². The van der Waals surface area contributed by atoms with E-state index >= 15 is 0 Å². The summed E-state index contributed by atoms with van der Waals surface area (Å²) in [5.41, 5.74) is 2.14. The van der Waals surface area contributed by atoms with Gasteiger partial charge in [-0.25, -0.2) is 4.79 Å². The van der Waals surface area contributed by atoms with Crippen LogP contribution in [0.25, 0.3) is 0 Å². The van der Waals surface area contributed by atoms with Gasteiger partial charge in [-0.1, -0.05) is 6.92 Å². The van der Waals surface area contributed by atoms with E-state index in [4.69, 9.17) is 4.74 Å². The smallest absolute Gasteiger partial charge is 0.334 e. The van der Waals surface area contributed by atoms with Crippen molar-refractivity contribution < 1.29 is 9.53 Å². The zero-order chi connectivity index (χ0) is 8.72. The van der Waals surface area contributed by atoms with Gasteiger partial charge in [0.05, 0.1) is 0 Å². The van der Waals surface area contributed by atoms with Crippen LogP contribution >= 0.6 is 0 Å². The quantitative estimate of drug-likeness (QED) is 0.515. The van der Waals surface area contributed by atoms with Gasteiger partial charge in [-0.05, 0) is 37.7 Å². The Kier molecular flexibility index (Phi) is 1.71. The minimum absolute atomic E-state index is 0.0937. The first-order chi connectivity index (χ1) is 5.70. The van der Waals surface area contributed by atoms with Crippen molar-refractivity contribution in [3.63, 3.8) is 0 Å². The first-order valence-corrected chi connectivity index (χ1v) is 4.62. The van der Waals surface area contributed by atoms with Crippen LogP contribution in [0.15, 0.2) is 11.1 Å².